The van der Waals surface area contributed by atoms with Crippen LogP contribution in [0, 0.1) is 0 Å². The molecule has 0 unspecified atom stereocenters. The highest BCUT2D eigenvalue weighted by Gasteiger charge is 2.06. The molecule has 0 saturated heterocycles. The Kier molecular flexibility index (Phi) is 5.00. The molecule has 0 saturated carbocycles. The van der Waals surface area contributed by atoms with Crippen LogP contribution in [0.3, 0.4) is 0 Å². The number of hydrogen-bond acceptors (Lipinski definition) is 4. The van der Waals surface area contributed by atoms with Crippen molar-refractivity contribution in [3.63, 3.8) is 0 Å². The van der Waals surface area contributed by atoms with Gasteiger partial charge in [0.05, 0.1) is 12.3 Å². The first kappa shape index (κ1) is 13.0. The highest BCUT2D eigenvalue weighted by atomic mass is 16.6. The average Bonchev–Trinajstić information content (AvgIpc) is 2.29. The van der Waals surface area contributed by atoms with E-state index in [0.29, 0.717) is 18.1 Å². The minimum atomic E-state index is -1.06. The summed E-state index contributed by atoms with van der Waals surface area (Å²) in [5.74, 6) is -0.352. The van der Waals surface area contributed by atoms with Crippen LogP contribution in [-0.4, -0.2) is 30.0 Å². The van der Waals surface area contributed by atoms with Crippen molar-refractivity contribution in [3.8, 4) is 5.75 Å². The van der Waals surface area contributed by atoms with E-state index in [4.69, 9.17) is 9.84 Å². The van der Waals surface area contributed by atoms with Crippen molar-refractivity contribution in [2.75, 3.05) is 13.2 Å². The maximum atomic E-state index is 10.3. The van der Waals surface area contributed by atoms with E-state index in [1.165, 1.54) is 0 Å². The van der Waals surface area contributed by atoms with Crippen molar-refractivity contribution < 1.29 is 19.5 Å². The molecule has 92 valence electrons. The van der Waals surface area contributed by atoms with Crippen LogP contribution < -0.4 is 4.74 Å². The van der Waals surface area contributed by atoms with E-state index in [-0.39, 0.29) is 0 Å². The molecule has 0 aliphatic heterocycles. The number of hydrogen-bond donors (Lipinski definition) is 1. The van der Waals surface area contributed by atoms with Crippen LogP contribution in [0.25, 0.3) is 0 Å². The first-order valence-electron chi connectivity index (χ1n) is 5.25. The van der Waals surface area contributed by atoms with Crippen molar-refractivity contribution in [3.05, 3.63) is 29.8 Å². The molecule has 0 aliphatic carbocycles. The summed E-state index contributed by atoms with van der Waals surface area (Å²) in [6, 6.07) is 7.39. The van der Waals surface area contributed by atoms with Gasteiger partial charge in [0.15, 0.2) is 0 Å². The van der Waals surface area contributed by atoms with E-state index in [2.05, 4.69) is 9.99 Å². The summed E-state index contributed by atoms with van der Waals surface area (Å²) < 4.78 is 5.43. The molecule has 0 aliphatic rings. The van der Waals surface area contributed by atoms with Crippen LogP contribution in [0.5, 0.6) is 5.75 Å². The van der Waals surface area contributed by atoms with Crippen LogP contribution in [0.2, 0.25) is 0 Å². The van der Waals surface area contributed by atoms with Gasteiger partial charge in [-0.3, -0.25) is 0 Å². The molecule has 0 aromatic heterocycles. The Hall–Kier alpha value is -2.04. The number of nitrogens with zero attached hydrogens (tertiary/aromatic N) is 1. The fourth-order valence-electron chi connectivity index (χ4n) is 1.28. The summed E-state index contributed by atoms with van der Waals surface area (Å²) >= 11 is 0. The van der Waals surface area contributed by atoms with Gasteiger partial charge in [-0.15, -0.1) is 0 Å². The average molecular weight is 237 g/mol. The van der Waals surface area contributed by atoms with Crippen LogP contribution >= 0.6 is 0 Å². The zero-order valence-electron chi connectivity index (χ0n) is 9.84. The second-order valence-electron chi connectivity index (χ2n) is 3.27. The predicted molar refractivity (Wildman–Crippen MR) is 63.4 cm³/mol. The van der Waals surface area contributed by atoms with Crippen molar-refractivity contribution >= 4 is 11.7 Å². The monoisotopic (exact) mass is 237 g/mol. The number of rotatable bonds is 6. The first-order valence-corrected chi connectivity index (χ1v) is 5.25. The van der Waals surface area contributed by atoms with Gasteiger partial charge in [-0.25, -0.2) is 4.79 Å². The fourth-order valence-corrected chi connectivity index (χ4v) is 1.28. The van der Waals surface area contributed by atoms with E-state index >= 15 is 0 Å². The molecule has 1 aromatic carbocycles. The Bertz CT molecular complexity index is 415. The number of ether oxygens (including phenoxy) is 1. The summed E-state index contributed by atoms with van der Waals surface area (Å²) in [7, 11) is 0. The van der Waals surface area contributed by atoms with Gasteiger partial charge in [0.2, 0.25) is 6.61 Å². The van der Waals surface area contributed by atoms with Crippen LogP contribution in [-0.2, 0) is 9.63 Å². The Morgan fingerprint density at radius 2 is 2.12 bits per heavy atom. The van der Waals surface area contributed by atoms with Gasteiger partial charge in [0.1, 0.15) is 5.75 Å². The molecule has 5 nitrogen and oxygen atoms in total. The molecule has 0 atom stereocenters. The third kappa shape index (κ3) is 4.14. The maximum Gasteiger partial charge on any atom is 0.344 e. The lowest BCUT2D eigenvalue weighted by Gasteiger charge is -2.08. The zero-order chi connectivity index (χ0) is 12.7. The molecular formula is C12H15NO4. The molecular weight excluding hydrogens is 222 g/mol. The van der Waals surface area contributed by atoms with E-state index in [0.717, 1.165) is 5.56 Å². The summed E-state index contributed by atoms with van der Waals surface area (Å²) in [4.78, 5) is 14.9. The minimum Gasteiger partial charge on any atom is -0.493 e. The standard InChI is InChI=1S/C12H15NO4/c1-3-16-11-7-5-4-6-10(11)9(2)13-17-8-12(14)15/h4-7H,3,8H2,1-2H3,(H,14,15). The molecule has 0 fully saturated rings. The largest absolute Gasteiger partial charge is 0.493 e. The summed E-state index contributed by atoms with van der Waals surface area (Å²) in [6.07, 6.45) is 0. The van der Waals surface area contributed by atoms with Gasteiger partial charge in [-0.05, 0) is 26.0 Å². The number of aliphatic carboxylic acids is 1. The summed E-state index contributed by atoms with van der Waals surface area (Å²) in [5, 5.41) is 12.2. The Labute approximate surface area is 99.7 Å². The van der Waals surface area contributed by atoms with Crippen molar-refractivity contribution in [1.82, 2.24) is 0 Å². The number of carboxylic acid groups (broad SMARTS) is 1. The van der Waals surface area contributed by atoms with Crippen LogP contribution in [0.1, 0.15) is 19.4 Å². The molecule has 1 aromatic rings. The second-order valence-corrected chi connectivity index (χ2v) is 3.27. The van der Waals surface area contributed by atoms with Gasteiger partial charge in [0.25, 0.3) is 0 Å². The second kappa shape index (κ2) is 6.52. The third-order valence-corrected chi connectivity index (χ3v) is 1.97. The number of oxime groups is 1. The SMILES string of the molecule is CCOc1ccccc1C(C)=NOCC(=O)O. The van der Waals surface area contributed by atoms with Crippen molar-refractivity contribution in [2.45, 2.75) is 13.8 Å². The van der Waals surface area contributed by atoms with E-state index in [9.17, 15) is 4.79 Å². The molecule has 1 rings (SSSR count). The number of carbonyl (C=O) groups is 1. The molecule has 0 bridgehead atoms. The lowest BCUT2D eigenvalue weighted by atomic mass is 10.1. The Morgan fingerprint density at radius 1 is 1.41 bits per heavy atom. The highest BCUT2D eigenvalue weighted by Crippen LogP contribution is 2.18. The van der Waals surface area contributed by atoms with E-state index in [1.807, 2.05) is 31.2 Å². The van der Waals surface area contributed by atoms with Crippen molar-refractivity contribution in [1.29, 1.82) is 0 Å². The number of para-hydroxylation sites is 1. The Balaban J connectivity index is 2.79. The third-order valence-electron chi connectivity index (χ3n) is 1.97. The zero-order valence-corrected chi connectivity index (χ0v) is 9.84. The summed E-state index contributed by atoms with van der Waals surface area (Å²) in [6.45, 7) is 3.73. The number of carboxylic acids is 1. The Morgan fingerprint density at radius 3 is 2.76 bits per heavy atom. The van der Waals surface area contributed by atoms with Crippen molar-refractivity contribution in [2.24, 2.45) is 5.16 Å². The minimum absolute atomic E-state index is 0.450. The van der Waals surface area contributed by atoms with E-state index in [1.54, 1.807) is 6.92 Å². The normalized spacial score (nSPS) is 11.1. The van der Waals surface area contributed by atoms with Crippen LogP contribution in [0.15, 0.2) is 29.4 Å². The molecule has 0 amide bonds. The topological polar surface area (TPSA) is 68.1 Å². The lowest BCUT2D eigenvalue weighted by molar-refractivity contribution is -0.142. The van der Waals surface area contributed by atoms with Gasteiger partial charge in [0, 0.05) is 5.56 Å². The van der Waals surface area contributed by atoms with E-state index < -0.39 is 12.6 Å². The van der Waals surface area contributed by atoms with Gasteiger partial charge < -0.3 is 14.7 Å². The van der Waals surface area contributed by atoms with Gasteiger partial charge in [-0.1, -0.05) is 17.3 Å². The molecule has 0 spiro atoms. The molecule has 5 heteroatoms. The van der Waals surface area contributed by atoms with Gasteiger partial charge >= 0.3 is 5.97 Å². The summed E-state index contributed by atoms with van der Waals surface area (Å²) in [5.41, 5.74) is 1.37. The van der Waals surface area contributed by atoms with Crippen LogP contribution in [0.4, 0.5) is 0 Å². The quantitative estimate of drug-likeness (QED) is 0.606. The maximum absolute atomic E-state index is 10.3. The predicted octanol–water partition coefficient (Wildman–Crippen LogP) is 1.91. The lowest BCUT2D eigenvalue weighted by Crippen LogP contribution is -2.06. The molecule has 0 radical (unpaired) electrons. The smallest absolute Gasteiger partial charge is 0.344 e. The first-order chi connectivity index (χ1) is 8.15. The molecule has 1 N–H and O–H groups in total. The van der Waals surface area contributed by atoms with Gasteiger partial charge in [-0.2, -0.15) is 0 Å². The molecule has 17 heavy (non-hydrogen) atoms. The molecule has 0 heterocycles. The highest BCUT2D eigenvalue weighted by molar-refractivity contribution is 6.00. The fraction of sp³-hybridized carbons (Fsp3) is 0.333. The number of benzene rings is 1.